The topological polar surface area (TPSA) is 72.9 Å². The minimum atomic E-state index is -0.488. The van der Waals surface area contributed by atoms with Crippen LogP contribution in [0.2, 0.25) is 0 Å². The van der Waals surface area contributed by atoms with Gasteiger partial charge in [-0.2, -0.15) is 0 Å². The van der Waals surface area contributed by atoms with Crippen LogP contribution in [0.5, 0.6) is 0 Å². The fraction of sp³-hybridized carbons (Fsp3) is 0.385. The number of nitrogens with zero attached hydrogens (tertiary/aromatic N) is 2. The summed E-state index contributed by atoms with van der Waals surface area (Å²) < 4.78 is 15.5. The molecule has 0 bridgehead atoms. The number of halogens is 2. The molecule has 0 spiro atoms. The van der Waals surface area contributed by atoms with Crippen molar-refractivity contribution >= 4 is 38.8 Å². The zero-order chi connectivity index (χ0) is 14.4. The van der Waals surface area contributed by atoms with Crippen molar-refractivity contribution in [3.05, 3.63) is 22.4 Å². The number of amides is 1. The largest absolute Gasteiger partial charge is 0.369 e. The minimum absolute atomic E-state index is 0.0982. The van der Waals surface area contributed by atoms with E-state index in [4.69, 9.17) is 5.73 Å². The van der Waals surface area contributed by atoms with Crippen molar-refractivity contribution in [2.75, 3.05) is 5.73 Å². The summed E-state index contributed by atoms with van der Waals surface area (Å²) in [5, 5.41) is 2.93. The summed E-state index contributed by atoms with van der Waals surface area (Å²) in [5.41, 5.74) is 6.95. The molecule has 3 N–H and O–H groups in total. The maximum Gasteiger partial charge on any atom is 0.243 e. The Morgan fingerprint density at radius 3 is 2.95 bits per heavy atom. The van der Waals surface area contributed by atoms with Gasteiger partial charge in [-0.1, -0.05) is 0 Å². The fourth-order valence-electron chi connectivity index (χ4n) is 2.18. The number of fused-ring (bicyclic) bond motifs is 1. The molecule has 3 rings (SSSR count). The molecule has 0 radical (unpaired) electrons. The van der Waals surface area contributed by atoms with E-state index in [2.05, 4.69) is 26.2 Å². The number of hydrogen-bond acceptors (Lipinski definition) is 3. The molecular weight excluding hydrogens is 327 g/mol. The smallest absolute Gasteiger partial charge is 0.243 e. The van der Waals surface area contributed by atoms with Crippen LogP contribution in [0.15, 0.2) is 16.6 Å². The second-order valence-corrected chi connectivity index (χ2v) is 5.91. The summed E-state index contributed by atoms with van der Waals surface area (Å²) >= 11 is 3.14. The first-order valence-corrected chi connectivity index (χ1v) is 7.19. The number of anilines is 1. The Bertz CT molecular complexity index is 695. The third kappa shape index (κ3) is 2.26. The summed E-state index contributed by atoms with van der Waals surface area (Å²) in [5.74, 6) is -0.299. The lowest BCUT2D eigenvalue weighted by Crippen LogP contribution is -2.32. The number of nitrogens with two attached hydrogens (primary N) is 1. The molecule has 1 saturated carbocycles. The SMILES string of the molecule is CC(C(=O)NC1CC1)n1c(N)nc2cc(F)c(Br)cc21. The van der Waals surface area contributed by atoms with Crippen molar-refractivity contribution in [3.63, 3.8) is 0 Å². The number of carbonyl (C=O) groups excluding carboxylic acids is 1. The van der Waals surface area contributed by atoms with Crippen LogP contribution < -0.4 is 11.1 Å². The quantitative estimate of drug-likeness (QED) is 0.900. The summed E-state index contributed by atoms with van der Waals surface area (Å²) in [6.45, 7) is 1.76. The fourth-order valence-corrected chi connectivity index (χ4v) is 2.51. The monoisotopic (exact) mass is 340 g/mol. The number of carbonyl (C=O) groups is 1. The van der Waals surface area contributed by atoms with Gasteiger partial charge in [0.25, 0.3) is 0 Å². The molecule has 5 nitrogen and oxygen atoms in total. The number of hydrogen-bond donors (Lipinski definition) is 2. The predicted molar refractivity (Wildman–Crippen MR) is 77.7 cm³/mol. The van der Waals surface area contributed by atoms with Gasteiger partial charge in [-0.15, -0.1) is 0 Å². The van der Waals surface area contributed by atoms with Gasteiger partial charge in [0, 0.05) is 12.1 Å². The standard InChI is InChI=1S/C13H14BrFN4O/c1-6(12(20)17-7-2-3-7)19-11-4-8(14)9(15)5-10(11)18-13(19)16/h4-7H,2-3H2,1H3,(H2,16,18)(H,17,20). The van der Waals surface area contributed by atoms with E-state index in [-0.39, 0.29) is 17.9 Å². The van der Waals surface area contributed by atoms with Crippen molar-refractivity contribution in [2.24, 2.45) is 0 Å². The van der Waals surface area contributed by atoms with Gasteiger partial charge in [0.2, 0.25) is 11.9 Å². The van der Waals surface area contributed by atoms with Crippen molar-refractivity contribution in [1.29, 1.82) is 0 Å². The minimum Gasteiger partial charge on any atom is -0.369 e. The highest BCUT2D eigenvalue weighted by atomic mass is 79.9. The first kappa shape index (κ1) is 13.4. The highest BCUT2D eigenvalue weighted by Crippen LogP contribution is 2.28. The van der Waals surface area contributed by atoms with Crippen LogP contribution in [0, 0.1) is 5.82 Å². The molecule has 1 aliphatic rings. The predicted octanol–water partition coefficient (Wildman–Crippen LogP) is 2.36. The van der Waals surface area contributed by atoms with Crippen LogP contribution in [-0.2, 0) is 4.79 Å². The second kappa shape index (κ2) is 4.73. The van der Waals surface area contributed by atoms with Crippen molar-refractivity contribution in [1.82, 2.24) is 14.9 Å². The summed E-state index contributed by atoms with van der Waals surface area (Å²) in [6, 6.07) is 2.69. The Morgan fingerprint density at radius 2 is 2.30 bits per heavy atom. The average Bonchev–Trinajstić information content (AvgIpc) is 3.13. The van der Waals surface area contributed by atoms with Crippen LogP contribution in [0.3, 0.4) is 0 Å². The molecule has 0 saturated heterocycles. The van der Waals surface area contributed by atoms with E-state index in [0.29, 0.717) is 15.5 Å². The number of rotatable bonds is 3. The summed E-state index contributed by atoms with van der Waals surface area (Å²) in [6.07, 6.45) is 2.05. The number of aromatic nitrogens is 2. The van der Waals surface area contributed by atoms with Gasteiger partial charge in [0.1, 0.15) is 11.9 Å². The zero-order valence-corrected chi connectivity index (χ0v) is 12.4. The molecule has 1 heterocycles. The molecule has 1 aliphatic carbocycles. The lowest BCUT2D eigenvalue weighted by Gasteiger charge is -2.15. The third-order valence-electron chi connectivity index (χ3n) is 3.45. The second-order valence-electron chi connectivity index (χ2n) is 5.05. The van der Waals surface area contributed by atoms with Crippen LogP contribution >= 0.6 is 15.9 Å². The maximum absolute atomic E-state index is 13.5. The van der Waals surface area contributed by atoms with Gasteiger partial charge in [0.15, 0.2) is 0 Å². The molecule has 106 valence electrons. The highest BCUT2D eigenvalue weighted by molar-refractivity contribution is 9.10. The maximum atomic E-state index is 13.5. The number of nitrogen functional groups attached to an aromatic ring is 1. The number of benzene rings is 1. The van der Waals surface area contributed by atoms with E-state index in [1.165, 1.54) is 6.07 Å². The van der Waals surface area contributed by atoms with E-state index < -0.39 is 11.9 Å². The summed E-state index contributed by atoms with van der Waals surface area (Å²) in [4.78, 5) is 16.3. The Hall–Kier alpha value is -1.63. The van der Waals surface area contributed by atoms with E-state index in [9.17, 15) is 9.18 Å². The molecule has 0 aliphatic heterocycles. The van der Waals surface area contributed by atoms with Gasteiger partial charge in [-0.25, -0.2) is 9.37 Å². The molecule has 1 aromatic carbocycles. The van der Waals surface area contributed by atoms with E-state index in [1.54, 1.807) is 17.6 Å². The van der Waals surface area contributed by atoms with Gasteiger partial charge in [-0.3, -0.25) is 9.36 Å². The number of nitrogens with one attached hydrogen (secondary N) is 1. The molecule has 1 amide bonds. The molecule has 1 unspecified atom stereocenters. The molecule has 7 heteroatoms. The Balaban J connectivity index is 2.02. The van der Waals surface area contributed by atoms with Crippen LogP contribution in [0.4, 0.5) is 10.3 Å². The Kier molecular flexibility index (Phi) is 3.16. The lowest BCUT2D eigenvalue weighted by molar-refractivity contribution is -0.123. The molecular formula is C13H14BrFN4O. The van der Waals surface area contributed by atoms with Gasteiger partial charge >= 0.3 is 0 Å². The molecule has 1 aromatic heterocycles. The van der Waals surface area contributed by atoms with Crippen molar-refractivity contribution in [2.45, 2.75) is 31.8 Å². The molecule has 2 aromatic rings. The third-order valence-corrected chi connectivity index (χ3v) is 4.06. The van der Waals surface area contributed by atoms with Gasteiger partial charge in [-0.05, 0) is 41.8 Å². The Morgan fingerprint density at radius 1 is 1.60 bits per heavy atom. The molecule has 1 atom stereocenters. The van der Waals surface area contributed by atoms with Gasteiger partial charge < -0.3 is 11.1 Å². The first-order valence-electron chi connectivity index (χ1n) is 6.40. The molecule has 1 fully saturated rings. The van der Waals surface area contributed by atoms with Crippen molar-refractivity contribution < 1.29 is 9.18 Å². The Labute approximate surface area is 123 Å². The van der Waals surface area contributed by atoms with E-state index in [0.717, 1.165) is 12.8 Å². The number of imidazole rings is 1. The highest BCUT2D eigenvalue weighted by Gasteiger charge is 2.28. The van der Waals surface area contributed by atoms with E-state index in [1.807, 2.05) is 0 Å². The van der Waals surface area contributed by atoms with E-state index >= 15 is 0 Å². The molecule has 20 heavy (non-hydrogen) atoms. The van der Waals surface area contributed by atoms with Gasteiger partial charge in [0.05, 0.1) is 15.5 Å². The van der Waals surface area contributed by atoms with Crippen molar-refractivity contribution in [3.8, 4) is 0 Å². The summed E-state index contributed by atoms with van der Waals surface area (Å²) in [7, 11) is 0. The van der Waals surface area contributed by atoms with Crippen LogP contribution in [0.1, 0.15) is 25.8 Å². The van der Waals surface area contributed by atoms with Crippen LogP contribution in [-0.4, -0.2) is 21.5 Å². The average molecular weight is 341 g/mol. The lowest BCUT2D eigenvalue weighted by atomic mass is 10.2. The van der Waals surface area contributed by atoms with Crippen LogP contribution in [0.25, 0.3) is 11.0 Å². The normalized spacial score (nSPS) is 16.4. The first-order chi connectivity index (χ1) is 9.47. The zero-order valence-electron chi connectivity index (χ0n) is 10.9.